The summed E-state index contributed by atoms with van der Waals surface area (Å²) in [5.74, 6) is 1.74. The SMILES string of the molecule is Cc1cc(Nc2ncnc3oc(-c4ccccc4)nc23)n[nH]1. The molecule has 1 aromatic carbocycles. The van der Waals surface area contributed by atoms with Crippen molar-refractivity contribution in [2.24, 2.45) is 0 Å². The Morgan fingerprint density at radius 2 is 2.00 bits per heavy atom. The third-order valence-electron chi connectivity index (χ3n) is 3.17. The van der Waals surface area contributed by atoms with Gasteiger partial charge >= 0.3 is 0 Å². The van der Waals surface area contributed by atoms with E-state index >= 15 is 0 Å². The zero-order chi connectivity index (χ0) is 14.9. The molecule has 7 heteroatoms. The van der Waals surface area contributed by atoms with Gasteiger partial charge in [0.25, 0.3) is 5.71 Å². The van der Waals surface area contributed by atoms with E-state index in [0.717, 1.165) is 11.3 Å². The number of aryl methyl sites for hydroxylation is 1. The minimum atomic E-state index is 0.434. The van der Waals surface area contributed by atoms with E-state index in [1.165, 1.54) is 6.33 Å². The van der Waals surface area contributed by atoms with Crippen LogP contribution in [-0.2, 0) is 0 Å². The fraction of sp³-hybridized carbons (Fsp3) is 0.0667. The van der Waals surface area contributed by atoms with Gasteiger partial charge in [-0.25, -0.2) is 9.97 Å². The molecule has 3 aromatic heterocycles. The number of hydrogen-bond acceptors (Lipinski definition) is 6. The summed E-state index contributed by atoms with van der Waals surface area (Å²) in [6, 6.07) is 11.6. The maximum atomic E-state index is 5.71. The molecule has 0 atom stereocenters. The Morgan fingerprint density at radius 3 is 2.77 bits per heavy atom. The Bertz CT molecular complexity index is 928. The molecule has 0 amide bonds. The van der Waals surface area contributed by atoms with Gasteiger partial charge in [-0.05, 0) is 19.1 Å². The first-order chi connectivity index (χ1) is 10.8. The van der Waals surface area contributed by atoms with Crippen molar-refractivity contribution in [2.75, 3.05) is 5.32 Å². The first-order valence-electron chi connectivity index (χ1n) is 6.75. The van der Waals surface area contributed by atoms with Crippen LogP contribution in [0.5, 0.6) is 0 Å². The highest BCUT2D eigenvalue weighted by molar-refractivity contribution is 5.85. The van der Waals surface area contributed by atoms with Crippen molar-refractivity contribution in [1.82, 2.24) is 25.1 Å². The molecule has 0 saturated heterocycles. The zero-order valence-corrected chi connectivity index (χ0v) is 11.7. The fourth-order valence-electron chi connectivity index (χ4n) is 2.15. The van der Waals surface area contributed by atoms with Gasteiger partial charge in [0, 0.05) is 17.3 Å². The number of rotatable bonds is 3. The summed E-state index contributed by atoms with van der Waals surface area (Å²) in [6.07, 6.45) is 1.43. The van der Waals surface area contributed by atoms with Gasteiger partial charge < -0.3 is 9.73 Å². The van der Waals surface area contributed by atoms with Gasteiger partial charge in [-0.15, -0.1) is 0 Å². The maximum Gasteiger partial charge on any atom is 0.252 e. The Hall–Kier alpha value is -3.22. The van der Waals surface area contributed by atoms with E-state index < -0.39 is 0 Å². The van der Waals surface area contributed by atoms with Crippen molar-refractivity contribution >= 4 is 22.9 Å². The largest absolute Gasteiger partial charge is 0.417 e. The van der Waals surface area contributed by atoms with Crippen LogP contribution < -0.4 is 5.32 Å². The molecular formula is C15H12N6O. The Balaban J connectivity index is 1.78. The van der Waals surface area contributed by atoms with Gasteiger partial charge in [-0.2, -0.15) is 10.1 Å². The van der Waals surface area contributed by atoms with Crippen LogP contribution in [-0.4, -0.2) is 25.1 Å². The standard InChI is InChI=1S/C15H12N6O/c1-9-7-11(21-20-9)18-13-12-15(17-8-16-13)22-14(19-12)10-5-3-2-4-6-10/h2-8H,1H3,(H2,16,17,18,20,21). The predicted octanol–water partition coefficient (Wildman–Crippen LogP) is 3.06. The normalized spacial score (nSPS) is 11.0. The second-order valence-electron chi connectivity index (χ2n) is 4.82. The molecule has 0 fully saturated rings. The minimum absolute atomic E-state index is 0.434. The van der Waals surface area contributed by atoms with Crippen molar-refractivity contribution in [1.29, 1.82) is 0 Å². The Kier molecular flexibility index (Phi) is 2.82. The van der Waals surface area contributed by atoms with Crippen molar-refractivity contribution < 1.29 is 4.42 Å². The quantitative estimate of drug-likeness (QED) is 0.603. The fourth-order valence-corrected chi connectivity index (χ4v) is 2.15. The second-order valence-corrected chi connectivity index (χ2v) is 4.82. The van der Waals surface area contributed by atoms with E-state index in [2.05, 4.69) is 30.5 Å². The first-order valence-corrected chi connectivity index (χ1v) is 6.75. The summed E-state index contributed by atoms with van der Waals surface area (Å²) < 4.78 is 5.71. The van der Waals surface area contributed by atoms with Gasteiger partial charge in [-0.3, -0.25) is 5.10 Å². The lowest BCUT2D eigenvalue weighted by Gasteiger charge is -1.99. The molecular weight excluding hydrogens is 280 g/mol. The van der Waals surface area contributed by atoms with Gasteiger partial charge in [0.15, 0.2) is 17.2 Å². The van der Waals surface area contributed by atoms with E-state index in [1.54, 1.807) is 0 Å². The van der Waals surface area contributed by atoms with Crippen molar-refractivity contribution in [3.63, 3.8) is 0 Å². The molecule has 0 aliphatic carbocycles. The van der Waals surface area contributed by atoms with E-state index in [9.17, 15) is 0 Å². The number of H-pyrrole nitrogens is 1. The van der Waals surface area contributed by atoms with Crippen LogP contribution in [0.3, 0.4) is 0 Å². The molecule has 7 nitrogen and oxygen atoms in total. The van der Waals surface area contributed by atoms with Crippen LogP contribution >= 0.6 is 0 Å². The first kappa shape index (κ1) is 12.5. The second kappa shape index (κ2) is 4.96. The number of benzene rings is 1. The molecule has 0 saturated carbocycles. The zero-order valence-electron chi connectivity index (χ0n) is 11.7. The van der Waals surface area contributed by atoms with Crippen LogP contribution in [0, 0.1) is 6.92 Å². The predicted molar refractivity (Wildman–Crippen MR) is 81.6 cm³/mol. The smallest absolute Gasteiger partial charge is 0.252 e. The van der Waals surface area contributed by atoms with Crippen LogP contribution in [0.15, 0.2) is 47.1 Å². The monoisotopic (exact) mass is 292 g/mol. The molecule has 2 N–H and O–H groups in total. The lowest BCUT2D eigenvalue weighted by Crippen LogP contribution is -1.95. The highest BCUT2D eigenvalue weighted by Gasteiger charge is 2.14. The van der Waals surface area contributed by atoms with Gasteiger partial charge in [-0.1, -0.05) is 18.2 Å². The molecule has 0 spiro atoms. The summed E-state index contributed by atoms with van der Waals surface area (Å²) in [5.41, 5.74) is 2.85. The van der Waals surface area contributed by atoms with Crippen molar-refractivity contribution in [3.05, 3.63) is 48.4 Å². The van der Waals surface area contributed by atoms with E-state index in [0.29, 0.717) is 28.8 Å². The highest BCUT2D eigenvalue weighted by Crippen LogP contribution is 2.27. The summed E-state index contributed by atoms with van der Waals surface area (Å²) in [7, 11) is 0. The number of aromatic nitrogens is 5. The van der Waals surface area contributed by atoms with E-state index in [4.69, 9.17) is 4.42 Å². The topological polar surface area (TPSA) is 92.5 Å². The number of nitrogens with zero attached hydrogens (tertiary/aromatic N) is 4. The van der Waals surface area contributed by atoms with Crippen LogP contribution in [0.25, 0.3) is 22.7 Å². The lowest BCUT2D eigenvalue weighted by molar-refractivity contribution is 0.607. The third kappa shape index (κ3) is 2.18. The minimum Gasteiger partial charge on any atom is -0.417 e. The number of nitrogens with one attached hydrogen (secondary N) is 2. The molecule has 0 unspecified atom stereocenters. The van der Waals surface area contributed by atoms with Crippen LogP contribution in [0.1, 0.15) is 5.69 Å². The molecule has 0 aliphatic heterocycles. The molecule has 3 heterocycles. The van der Waals surface area contributed by atoms with Crippen molar-refractivity contribution in [2.45, 2.75) is 6.92 Å². The number of aromatic amines is 1. The Morgan fingerprint density at radius 1 is 1.14 bits per heavy atom. The van der Waals surface area contributed by atoms with Crippen LogP contribution in [0.2, 0.25) is 0 Å². The lowest BCUT2D eigenvalue weighted by atomic mass is 10.2. The summed E-state index contributed by atoms with van der Waals surface area (Å²) in [5, 5.41) is 10.1. The summed E-state index contributed by atoms with van der Waals surface area (Å²) in [4.78, 5) is 12.8. The van der Waals surface area contributed by atoms with E-state index in [-0.39, 0.29) is 0 Å². The number of oxazole rings is 1. The number of anilines is 2. The average molecular weight is 292 g/mol. The average Bonchev–Trinajstić information content (AvgIpc) is 3.15. The van der Waals surface area contributed by atoms with Gasteiger partial charge in [0.1, 0.15) is 6.33 Å². The molecule has 4 aromatic rings. The molecule has 0 aliphatic rings. The molecule has 22 heavy (non-hydrogen) atoms. The van der Waals surface area contributed by atoms with Gasteiger partial charge in [0.2, 0.25) is 5.89 Å². The maximum absolute atomic E-state index is 5.71. The highest BCUT2D eigenvalue weighted by atomic mass is 16.4. The van der Waals surface area contributed by atoms with Gasteiger partial charge in [0.05, 0.1) is 0 Å². The molecule has 0 bridgehead atoms. The number of hydrogen-bond donors (Lipinski definition) is 2. The number of fused-ring (bicyclic) bond motifs is 1. The summed E-state index contributed by atoms with van der Waals surface area (Å²) in [6.45, 7) is 1.93. The Labute approximate surface area is 125 Å². The molecule has 108 valence electrons. The van der Waals surface area contributed by atoms with E-state index in [1.807, 2.05) is 43.3 Å². The van der Waals surface area contributed by atoms with Crippen LogP contribution in [0.4, 0.5) is 11.6 Å². The summed E-state index contributed by atoms with van der Waals surface area (Å²) >= 11 is 0. The molecule has 4 rings (SSSR count). The van der Waals surface area contributed by atoms with Crippen molar-refractivity contribution in [3.8, 4) is 11.5 Å². The third-order valence-corrected chi connectivity index (χ3v) is 3.17. The molecule has 0 radical (unpaired) electrons.